The van der Waals surface area contributed by atoms with Crippen LogP contribution in [0.15, 0.2) is 54.6 Å². The second-order valence-electron chi connectivity index (χ2n) is 13.4. The van der Waals surface area contributed by atoms with Gasteiger partial charge in [0.25, 0.3) is 0 Å². The third-order valence-electron chi connectivity index (χ3n) is 7.23. The van der Waals surface area contributed by atoms with E-state index in [1.165, 1.54) is 0 Å². The van der Waals surface area contributed by atoms with E-state index in [9.17, 15) is 24.4 Å². The fourth-order valence-electron chi connectivity index (χ4n) is 4.74. The first-order chi connectivity index (χ1) is 21.5. The molecular weight excluding hydrogens is 584 g/mol. The molecule has 0 aromatic heterocycles. The number of nitrogens with one attached hydrogen (secondary N) is 2. The largest absolute Gasteiger partial charge is 0.458 e. The molecule has 10 nitrogen and oxygen atoms in total. The Morgan fingerprint density at radius 2 is 1.43 bits per heavy atom. The molecular formula is C36H50N4O6. The maximum atomic E-state index is 14.3. The van der Waals surface area contributed by atoms with Gasteiger partial charge >= 0.3 is 12.1 Å². The van der Waals surface area contributed by atoms with E-state index in [2.05, 4.69) is 10.6 Å². The summed E-state index contributed by atoms with van der Waals surface area (Å²) >= 11 is 0. The Kier molecular flexibility index (Phi) is 13.8. The number of esters is 1. The highest BCUT2D eigenvalue weighted by molar-refractivity contribution is 5.94. The molecule has 0 aliphatic rings. The second kappa shape index (κ2) is 16.8. The minimum absolute atomic E-state index is 0.144. The van der Waals surface area contributed by atoms with E-state index in [1.807, 2.05) is 62.4 Å². The number of carbonyl (C=O) groups excluding carboxylic acids is 4. The molecule has 2 rings (SSSR count). The van der Waals surface area contributed by atoms with Crippen molar-refractivity contribution in [3.8, 4) is 6.07 Å². The lowest BCUT2D eigenvalue weighted by Crippen LogP contribution is -2.56. The fraction of sp³-hybridized carbons (Fsp3) is 0.528. The van der Waals surface area contributed by atoms with Crippen LogP contribution in [0.25, 0.3) is 0 Å². The van der Waals surface area contributed by atoms with E-state index in [-0.39, 0.29) is 12.3 Å². The molecule has 0 heterocycles. The van der Waals surface area contributed by atoms with Gasteiger partial charge in [0.15, 0.2) is 0 Å². The number of hydrogen-bond acceptors (Lipinski definition) is 7. The summed E-state index contributed by atoms with van der Waals surface area (Å²) in [5.74, 6) is -2.29. The van der Waals surface area contributed by atoms with Crippen LogP contribution < -0.4 is 10.6 Å². The fourth-order valence-corrected chi connectivity index (χ4v) is 4.74. The molecule has 250 valence electrons. The number of benzene rings is 2. The predicted octanol–water partition coefficient (Wildman–Crippen LogP) is 5.65. The van der Waals surface area contributed by atoms with Crippen molar-refractivity contribution in [1.82, 2.24) is 15.5 Å². The van der Waals surface area contributed by atoms with Crippen LogP contribution >= 0.6 is 0 Å². The normalized spacial score (nSPS) is 14.1. The number of aryl methyl sites for hydroxylation is 1. The van der Waals surface area contributed by atoms with Crippen molar-refractivity contribution < 1.29 is 28.7 Å². The smallest absolute Gasteiger partial charge is 0.408 e. The molecule has 0 fully saturated rings. The lowest BCUT2D eigenvalue weighted by atomic mass is 9.95. The van der Waals surface area contributed by atoms with Crippen molar-refractivity contribution in [2.75, 3.05) is 6.54 Å². The van der Waals surface area contributed by atoms with Crippen molar-refractivity contribution in [3.63, 3.8) is 0 Å². The standard InChI is InChI=1S/C36H50N4O6/c1-10-24(3)29(39-34(44)46-36(7,8)9)32(42)40(22-21-37)30(27-19-17-25(11-2)18-20-27)31(41)38-28(33(43)45-35(4,5)6)23-26-15-13-12-14-16-26/h12-20,24,28-30H,10-11,22-23H2,1-9H3,(H,38,41)(H,39,44). The van der Waals surface area contributed by atoms with Crippen LogP contribution in [-0.2, 0) is 36.7 Å². The van der Waals surface area contributed by atoms with Gasteiger partial charge in [-0.15, -0.1) is 0 Å². The molecule has 0 saturated heterocycles. The summed E-state index contributed by atoms with van der Waals surface area (Å²) in [7, 11) is 0. The van der Waals surface area contributed by atoms with Gasteiger partial charge in [-0.2, -0.15) is 5.26 Å². The van der Waals surface area contributed by atoms with Gasteiger partial charge in [0.2, 0.25) is 11.8 Å². The third kappa shape index (κ3) is 11.8. The van der Waals surface area contributed by atoms with E-state index < -0.39 is 59.7 Å². The molecule has 3 amide bonds. The molecule has 46 heavy (non-hydrogen) atoms. The first kappa shape index (κ1) is 37.8. The summed E-state index contributed by atoms with van der Waals surface area (Å²) in [5, 5.41) is 15.4. The Morgan fingerprint density at radius 3 is 1.93 bits per heavy atom. The molecule has 2 N–H and O–H groups in total. The van der Waals surface area contributed by atoms with Crippen molar-refractivity contribution >= 4 is 23.9 Å². The van der Waals surface area contributed by atoms with Gasteiger partial charge < -0.3 is 25.0 Å². The molecule has 0 saturated carbocycles. The molecule has 0 spiro atoms. The summed E-state index contributed by atoms with van der Waals surface area (Å²) < 4.78 is 11.1. The highest BCUT2D eigenvalue weighted by atomic mass is 16.6. The Labute approximate surface area is 273 Å². The number of rotatable bonds is 13. The zero-order chi connectivity index (χ0) is 34.7. The van der Waals surface area contributed by atoms with Crippen molar-refractivity contribution in [3.05, 3.63) is 71.3 Å². The minimum atomic E-state index is -1.30. The van der Waals surface area contributed by atoms with E-state index in [0.29, 0.717) is 12.0 Å². The van der Waals surface area contributed by atoms with Gasteiger partial charge in [0.1, 0.15) is 35.9 Å². The summed E-state index contributed by atoms with van der Waals surface area (Å²) in [4.78, 5) is 56.0. The average Bonchev–Trinajstić information content (AvgIpc) is 2.97. The summed E-state index contributed by atoms with van der Waals surface area (Å²) in [5.41, 5.74) is 0.636. The average molecular weight is 635 g/mol. The highest BCUT2D eigenvalue weighted by Crippen LogP contribution is 2.26. The zero-order valence-electron chi connectivity index (χ0n) is 28.7. The lowest BCUT2D eigenvalue weighted by molar-refractivity contribution is -0.159. The van der Waals surface area contributed by atoms with Crippen LogP contribution in [0.5, 0.6) is 0 Å². The number of carbonyl (C=O) groups is 4. The van der Waals surface area contributed by atoms with Gasteiger partial charge in [-0.25, -0.2) is 9.59 Å². The van der Waals surface area contributed by atoms with Crippen LogP contribution in [0.1, 0.15) is 91.5 Å². The third-order valence-corrected chi connectivity index (χ3v) is 7.23. The number of ether oxygens (including phenoxy) is 2. The first-order valence-electron chi connectivity index (χ1n) is 15.8. The number of nitriles is 1. The second-order valence-corrected chi connectivity index (χ2v) is 13.4. The maximum Gasteiger partial charge on any atom is 0.408 e. The van der Waals surface area contributed by atoms with Gasteiger partial charge in [0, 0.05) is 6.42 Å². The maximum absolute atomic E-state index is 14.3. The van der Waals surface area contributed by atoms with E-state index >= 15 is 0 Å². The Balaban J connectivity index is 2.61. The summed E-state index contributed by atoms with van der Waals surface area (Å²) in [6.45, 7) is 15.6. The van der Waals surface area contributed by atoms with Crippen LogP contribution in [0.3, 0.4) is 0 Å². The van der Waals surface area contributed by atoms with E-state index in [0.717, 1.165) is 22.4 Å². The quantitative estimate of drug-likeness (QED) is 0.215. The van der Waals surface area contributed by atoms with E-state index in [1.54, 1.807) is 60.6 Å². The molecule has 4 atom stereocenters. The predicted molar refractivity (Wildman–Crippen MR) is 176 cm³/mol. The van der Waals surface area contributed by atoms with Crippen LogP contribution in [0, 0.1) is 17.2 Å². The van der Waals surface area contributed by atoms with Gasteiger partial charge in [-0.1, -0.05) is 81.8 Å². The Hall–Kier alpha value is -4.39. The van der Waals surface area contributed by atoms with Crippen LogP contribution in [0.4, 0.5) is 4.79 Å². The number of amides is 3. The molecule has 0 aliphatic carbocycles. The molecule has 0 bridgehead atoms. The molecule has 2 aromatic carbocycles. The molecule has 10 heteroatoms. The van der Waals surface area contributed by atoms with Gasteiger partial charge in [-0.3, -0.25) is 9.59 Å². The molecule has 2 aromatic rings. The zero-order valence-corrected chi connectivity index (χ0v) is 28.7. The summed E-state index contributed by atoms with van der Waals surface area (Å²) in [6.07, 6.45) is 0.632. The molecule has 4 unspecified atom stereocenters. The topological polar surface area (TPSA) is 138 Å². The SMILES string of the molecule is CCc1ccc(C(C(=O)NC(Cc2ccccc2)C(=O)OC(C)(C)C)N(CC#N)C(=O)C(NC(=O)OC(C)(C)C)C(C)CC)cc1. The number of hydrogen-bond donors (Lipinski definition) is 2. The van der Waals surface area contributed by atoms with E-state index in [4.69, 9.17) is 9.47 Å². The number of alkyl carbamates (subject to hydrolysis) is 1. The van der Waals surface area contributed by atoms with Crippen molar-refractivity contribution in [1.29, 1.82) is 5.26 Å². The number of nitrogens with zero attached hydrogens (tertiary/aromatic N) is 2. The van der Waals surface area contributed by atoms with Crippen molar-refractivity contribution in [2.24, 2.45) is 5.92 Å². The first-order valence-corrected chi connectivity index (χ1v) is 15.8. The molecule has 0 radical (unpaired) electrons. The Morgan fingerprint density at radius 1 is 0.848 bits per heavy atom. The van der Waals surface area contributed by atoms with Crippen LogP contribution in [-0.4, -0.2) is 58.6 Å². The highest BCUT2D eigenvalue weighted by Gasteiger charge is 2.39. The molecule has 0 aliphatic heterocycles. The van der Waals surface area contributed by atoms with Gasteiger partial charge in [0.05, 0.1) is 6.07 Å². The monoisotopic (exact) mass is 634 g/mol. The minimum Gasteiger partial charge on any atom is -0.458 e. The van der Waals surface area contributed by atoms with Crippen molar-refractivity contribution in [2.45, 2.75) is 111 Å². The van der Waals surface area contributed by atoms with Gasteiger partial charge in [-0.05, 0) is 70.6 Å². The Bertz CT molecular complexity index is 1360. The lowest BCUT2D eigenvalue weighted by Gasteiger charge is -2.35. The van der Waals surface area contributed by atoms with Crippen LogP contribution in [0.2, 0.25) is 0 Å². The summed E-state index contributed by atoms with van der Waals surface area (Å²) in [6, 6.07) is 14.9.